The Bertz CT molecular complexity index is 1180. The highest BCUT2D eigenvalue weighted by Gasteiger charge is 2.21. The number of hydrogen-bond donors (Lipinski definition) is 1. The quantitative estimate of drug-likeness (QED) is 0.611. The van der Waals surface area contributed by atoms with Gasteiger partial charge in [-0.15, -0.1) is 0 Å². The van der Waals surface area contributed by atoms with Crippen LogP contribution in [0, 0.1) is 13.8 Å². The third kappa shape index (κ3) is 4.98. The number of hydrogen-bond acceptors (Lipinski definition) is 4. The molecule has 0 aliphatic heterocycles. The molecule has 1 heterocycles. The average molecular weight is 444 g/mol. The van der Waals surface area contributed by atoms with E-state index < -0.39 is 10.0 Å². The van der Waals surface area contributed by atoms with Crippen molar-refractivity contribution in [3.8, 4) is 0 Å². The van der Waals surface area contributed by atoms with Crippen LogP contribution in [-0.2, 0) is 16.6 Å². The van der Waals surface area contributed by atoms with Crippen LogP contribution in [0.3, 0.4) is 0 Å². The molecule has 30 heavy (non-hydrogen) atoms. The van der Waals surface area contributed by atoms with Gasteiger partial charge in [0.15, 0.2) is 0 Å². The molecule has 6 nitrogen and oxygen atoms in total. The maximum atomic E-state index is 12.9. The molecule has 0 saturated carbocycles. The van der Waals surface area contributed by atoms with Gasteiger partial charge < -0.3 is 4.90 Å². The Morgan fingerprint density at radius 2 is 1.87 bits per heavy atom. The molecule has 0 radical (unpaired) electrons. The fraction of sp³-hybridized carbons (Fsp3) is 0.182. The molecule has 0 bridgehead atoms. The number of aromatic nitrogens is 1. The van der Waals surface area contributed by atoms with E-state index in [0.717, 1.165) is 16.7 Å². The third-order valence-electron chi connectivity index (χ3n) is 4.73. The van der Waals surface area contributed by atoms with Crippen molar-refractivity contribution in [2.24, 2.45) is 0 Å². The Labute approximate surface area is 181 Å². The molecule has 0 fully saturated rings. The van der Waals surface area contributed by atoms with Gasteiger partial charge in [-0.25, -0.2) is 8.42 Å². The van der Waals surface area contributed by atoms with Gasteiger partial charge in [0.05, 0.1) is 15.5 Å². The molecule has 0 unspecified atom stereocenters. The number of carbonyl (C=O) groups excluding carboxylic acids is 1. The minimum absolute atomic E-state index is 0.0387. The summed E-state index contributed by atoms with van der Waals surface area (Å²) in [6.45, 7) is 4.18. The smallest absolute Gasteiger partial charge is 0.261 e. The van der Waals surface area contributed by atoms with E-state index >= 15 is 0 Å². The Hall–Kier alpha value is -2.90. The molecule has 0 aliphatic carbocycles. The summed E-state index contributed by atoms with van der Waals surface area (Å²) in [5, 5.41) is 0.183. The zero-order valence-electron chi connectivity index (χ0n) is 16.9. The normalized spacial score (nSPS) is 11.2. The highest BCUT2D eigenvalue weighted by molar-refractivity contribution is 7.92. The molecule has 0 spiro atoms. The van der Waals surface area contributed by atoms with Crippen molar-refractivity contribution in [3.63, 3.8) is 0 Å². The van der Waals surface area contributed by atoms with Crippen LogP contribution in [0.25, 0.3) is 0 Å². The Kier molecular flexibility index (Phi) is 6.43. The van der Waals surface area contributed by atoms with Crippen LogP contribution in [0.4, 0.5) is 5.69 Å². The van der Waals surface area contributed by atoms with Gasteiger partial charge in [0, 0.05) is 31.7 Å². The molecule has 3 rings (SSSR count). The number of benzene rings is 2. The second-order valence-electron chi connectivity index (χ2n) is 7.07. The Morgan fingerprint density at radius 3 is 2.53 bits per heavy atom. The molecule has 3 aromatic rings. The zero-order chi connectivity index (χ0) is 21.9. The summed E-state index contributed by atoms with van der Waals surface area (Å²) < 4.78 is 28.3. The minimum Gasteiger partial charge on any atom is -0.337 e. The van der Waals surface area contributed by atoms with Crippen LogP contribution < -0.4 is 4.72 Å². The van der Waals surface area contributed by atoms with E-state index in [4.69, 9.17) is 11.6 Å². The number of rotatable bonds is 6. The highest BCUT2D eigenvalue weighted by Crippen LogP contribution is 2.25. The van der Waals surface area contributed by atoms with Crippen LogP contribution in [0.5, 0.6) is 0 Å². The summed E-state index contributed by atoms with van der Waals surface area (Å²) in [7, 11) is -2.26. The van der Waals surface area contributed by atoms with Gasteiger partial charge in [-0.3, -0.25) is 14.5 Å². The van der Waals surface area contributed by atoms with Crippen LogP contribution in [0.2, 0.25) is 5.02 Å². The van der Waals surface area contributed by atoms with Crippen LogP contribution >= 0.6 is 11.6 Å². The number of carbonyl (C=O) groups is 1. The zero-order valence-corrected chi connectivity index (χ0v) is 18.5. The van der Waals surface area contributed by atoms with Crippen LogP contribution in [0.15, 0.2) is 65.8 Å². The number of nitrogens with one attached hydrogen (secondary N) is 1. The molecule has 2 aromatic carbocycles. The molecule has 1 aromatic heterocycles. The van der Waals surface area contributed by atoms with Crippen molar-refractivity contribution in [1.29, 1.82) is 0 Å². The fourth-order valence-corrected chi connectivity index (χ4v) is 4.17. The standard InChI is InChI=1S/C22H22ClN3O3S/c1-15-6-7-18(11-16(15)2)25-30(28,29)19-8-9-21(23)20(12-19)22(27)26(3)14-17-5-4-10-24-13-17/h4-13,25H,14H2,1-3H3. The maximum absolute atomic E-state index is 12.9. The largest absolute Gasteiger partial charge is 0.337 e. The molecule has 1 amide bonds. The van der Waals surface area contributed by atoms with Gasteiger partial charge >= 0.3 is 0 Å². The molecule has 0 atom stereocenters. The molecular weight excluding hydrogens is 422 g/mol. The van der Waals surface area contributed by atoms with Gasteiger partial charge in [-0.2, -0.15) is 0 Å². The first kappa shape index (κ1) is 21.8. The predicted molar refractivity (Wildman–Crippen MR) is 118 cm³/mol. The fourth-order valence-electron chi connectivity index (χ4n) is 2.90. The van der Waals surface area contributed by atoms with Gasteiger partial charge in [0.25, 0.3) is 15.9 Å². The monoisotopic (exact) mass is 443 g/mol. The van der Waals surface area contributed by atoms with E-state index in [0.29, 0.717) is 12.2 Å². The number of sulfonamides is 1. The number of pyridine rings is 1. The molecule has 156 valence electrons. The lowest BCUT2D eigenvalue weighted by atomic mass is 10.1. The molecule has 8 heteroatoms. The van der Waals surface area contributed by atoms with Crippen molar-refractivity contribution in [3.05, 3.63) is 88.2 Å². The number of anilines is 1. The summed E-state index contributed by atoms with van der Waals surface area (Å²) in [6, 6.07) is 13.0. The van der Waals surface area contributed by atoms with Gasteiger partial charge in [0.2, 0.25) is 0 Å². The first-order valence-corrected chi connectivity index (χ1v) is 11.1. The summed E-state index contributed by atoms with van der Waals surface area (Å²) in [5.74, 6) is -0.382. The summed E-state index contributed by atoms with van der Waals surface area (Å²) in [6.07, 6.45) is 3.32. The molecule has 1 N–H and O–H groups in total. The number of nitrogens with zero attached hydrogens (tertiary/aromatic N) is 2. The lowest BCUT2D eigenvalue weighted by molar-refractivity contribution is 0.0785. The molecule has 0 aliphatic rings. The van der Waals surface area contributed by atoms with E-state index in [2.05, 4.69) is 9.71 Å². The van der Waals surface area contributed by atoms with E-state index in [9.17, 15) is 13.2 Å². The first-order chi connectivity index (χ1) is 14.2. The maximum Gasteiger partial charge on any atom is 0.261 e. The van der Waals surface area contributed by atoms with Gasteiger partial charge in [-0.1, -0.05) is 23.7 Å². The lowest BCUT2D eigenvalue weighted by Crippen LogP contribution is -2.27. The first-order valence-electron chi connectivity index (χ1n) is 9.21. The van der Waals surface area contributed by atoms with Crippen molar-refractivity contribution >= 4 is 33.2 Å². The molecule has 0 saturated heterocycles. The third-order valence-corrected chi connectivity index (χ3v) is 6.44. The van der Waals surface area contributed by atoms with E-state index in [1.807, 2.05) is 26.0 Å². The summed E-state index contributed by atoms with van der Waals surface area (Å²) >= 11 is 6.21. The lowest BCUT2D eigenvalue weighted by Gasteiger charge is -2.18. The predicted octanol–water partition coefficient (Wildman–Crippen LogP) is 4.42. The van der Waals surface area contributed by atoms with Crippen molar-refractivity contribution < 1.29 is 13.2 Å². The summed E-state index contributed by atoms with van der Waals surface area (Å²) in [4.78, 5) is 18.4. The number of halogens is 1. The van der Waals surface area contributed by atoms with Crippen LogP contribution in [0.1, 0.15) is 27.0 Å². The average Bonchev–Trinajstić information content (AvgIpc) is 2.71. The Morgan fingerprint density at radius 1 is 1.10 bits per heavy atom. The second-order valence-corrected chi connectivity index (χ2v) is 9.16. The minimum atomic E-state index is -3.89. The van der Waals surface area contributed by atoms with E-state index in [1.165, 1.54) is 23.1 Å². The van der Waals surface area contributed by atoms with E-state index in [1.54, 1.807) is 37.6 Å². The number of amides is 1. The van der Waals surface area contributed by atoms with Crippen LogP contribution in [-0.4, -0.2) is 31.3 Å². The van der Waals surface area contributed by atoms with Crippen molar-refractivity contribution in [2.45, 2.75) is 25.3 Å². The Balaban J connectivity index is 1.86. The van der Waals surface area contributed by atoms with Gasteiger partial charge in [0.1, 0.15) is 0 Å². The molecular formula is C22H22ClN3O3S. The second kappa shape index (κ2) is 8.85. The van der Waals surface area contributed by atoms with E-state index in [-0.39, 0.29) is 21.4 Å². The topological polar surface area (TPSA) is 79.4 Å². The van der Waals surface area contributed by atoms with Crippen molar-refractivity contribution in [1.82, 2.24) is 9.88 Å². The summed E-state index contributed by atoms with van der Waals surface area (Å²) in [5.41, 5.74) is 3.46. The highest BCUT2D eigenvalue weighted by atomic mass is 35.5. The van der Waals surface area contributed by atoms with Crippen molar-refractivity contribution in [2.75, 3.05) is 11.8 Å². The number of aryl methyl sites for hydroxylation is 2. The van der Waals surface area contributed by atoms with Gasteiger partial charge in [-0.05, 0) is 66.9 Å². The SMILES string of the molecule is Cc1ccc(NS(=O)(=O)c2ccc(Cl)c(C(=O)N(C)Cc3cccnc3)c2)cc1C.